The minimum atomic E-state index is -0.884. The third-order valence-electron chi connectivity index (χ3n) is 5.63. The number of halogens is 1. The monoisotopic (exact) mass is 439 g/mol. The lowest BCUT2D eigenvalue weighted by Gasteiger charge is -2.34. The molecule has 1 fully saturated rings. The summed E-state index contributed by atoms with van der Waals surface area (Å²) in [5, 5.41) is 16.3. The van der Waals surface area contributed by atoms with E-state index in [4.69, 9.17) is 4.74 Å². The highest BCUT2D eigenvalue weighted by Crippen LogP contribution is 2.25. The number of carboxylic acids is 1. The number of pyridine rings is 1. The van der Waals surface area contributed by atoms with Gasteiger partial charge in [0, 0.05) is 30.4 Å². The smallest absolute Gasteiger partial charge is 0.311 e. The fourth-order valence-electron chi connectivity index (χ4n) is 3.47. The second kappa shape index (κ2) is 9.04. The van der Waals surface area contributed by atoms with Gasteiger partial charge in [0.25, 0.3) is 0 Å². The maximum Gasteiger partial charge on any atom is 0.311 e. The number of nitrogens with zero attached hydrogens (tertiary/aromatic N) is 4. The second-order valence-electron chi connectivity index (χ2n) is 8.61. The Labute approximate surface area is 185 Å². The Hall–Kier alpha value is -3.33. The van der Waals surface area contributed by atoms with E-state index < -0.39 is 11.4 Å². The molecular formula is C23H26FN5O3. The lowest BCUT2D eigenvalue weighted by Crippen LogP contribution is -2.39. The average molecular weight is 439 g/mol. The molecule has 0 unspecified atom stereocenters. The Morgan fingerprint density at radius 2 is 1.88 bits per heavy atom. The van der Waals surface area contributed by atoms with Gasteiger partial charge in [-0.2, -0.15) is 5.10 Å². The van der Waals surface area contributed by atoms with E-state index in [0.29, 0.717) is 11.6 Å². The number of benzene rings is 1. The van der Waals surface area contributed by atoms with Crippen LogP contribution in [0.15, 0.2) is 42.6 Å². The van der Waals surface area contributed by atoms with E-state index >= 15 is 0 Å². The number of anilines is 1. The van der Waals surface area contributed by atoms with Crippen molar-refractivity contribution >= 4 is 11.8 Å². The number of nitrogens with one attached hydrogen (secondary N) is 1. The quantitative estimate of drug-likeness (QED) is 0.577. The van der Waals surface area contributed by atoms with Gasteiger partial charge in [0.1, 0.15) is 11.6 Å². The predicted molar refractivity (Wildman–Crippen MR) is 118 cm³/mol. The van der Waals surface area contributed by atoms with Crippen molar-refractivity contribution in [1.29, 1.82) is 0 Å². The Morgan fingerprint density at radius 1 is 1.19 bits per heavy atom. The standard InChI is InChI=1S/C23H26FN5O3/c1-23(2,22(30)31)14-32-18-9-11-29(12-10-18)19-8-5-16(13-25-19)21-26-20(27-28-21)15-3-6-17(24)7-4-15/h3-8,13,18H,9-12,14H2,1-2H3,(H,30,31)(H,26,27,28). The first-order valence-corrected chi connectivity index (χ1v) is 10.6. The maximum atomic E-state index is 13.1. The van der Waals surface area contributed by atoms with Crippen LogP contribution < -0.4 is 4.90 Å². The van der Waals surface area contributed by atoms with Crippen LogP contribution in [0, 0.1) is 11.2 Å². The molecule has 0 saturated carbocycles. The summed E-state index contributed by atoms with van der Waals surface area (Å²) in [4.78, 5) is 22.5. The van der Waals surface area contributed by atoms with Gasteiger partial charge >= 0.3 is 5.97 Å². The highest BCUT2D eigenvalue weighted by Gasteiger charge is 2.30. The van der Waals surface area contributed by atoms with Crippen molar-refractivity contribution < 1.29 is 19.0 Å². The normalized spacial score (nSPS) is 15.2. The number of aliphatic carboxylic acids is 1. The lowest BCUT2D eigenvalue weighted by atomic mass is 9.95. The summed E-state index contributed by atoms with van der Waals surface area (Å²) in [5.74, 6) is 0.810. The van der Waals surface area contributed by atoms with E-state index in [2.05, 4.69) is 25.1 Å². The third kappa shape index (κ3) is 4.94. The molecule has 4 rings (SSSR count). The molecule has 8 nitrogen and oxygen atoms in total. The van der Waals surface area contributed by atoms with Crippen molar-refractivity contribution in [3.8, 4) is 22.8 Å². The van der Waals surface area contributed by atoms with Gasteiger partial charge in [-0.05, 0) is 63.1 Å². The van der Waals surface area contributed by atoms with E-state index in [9.17, 15) is 14.3 Å². The Bertz CT molecular complexity index is 1060. The van der Waals surface area contributed by atoms with Crippen LogP contribution in [-0.2, 0) is 9.53 Å². The van der Waals surface area contributed by atoms with Crippen LogP contribution in [0.1, 0.15) is 26.7 Å². The van der Waals surface area contributed by atoms with E-state index in [1.54, 1.807) is 32.2 Å². The van der Waals surface area contributed by atoms with Gasteiger partial charge in [-0.1, -0.05) is 0 Å². The van der Waals surface area contributed by atoms with Crippen LogP contribution in [-0.4, -0.2) is 57.0 Å². The van der Waals surface area contributed by atoms with E-state index in [1.807, 2.05) is 12.1 Å². The van der Waals surface area contributed by atoms with Gasteiger partial charge in [0.2, 0.25) is 0 Å². The molecule has 1 saturated heterocycles. The van der Waals surface area contributed by atoms with Crippen molar-refractivity contribution in [3.63, 3.8) is 0 Å². The van der Waals surface area contributed by atoms with Gasteiger partial charge in [0.05, 0.1) is 18.1 Å². The van der Waals surface area contributed by atoms with Crippen molar-refractivity contribution in [2.45, 2.75) is 32.8 Å². The number of carbonyl (C=O) groups is 1. The molecule has 9 heteroatoms. The van der Waals surface area contributed by atoms with Gasteiger partial charge in [-0.3, -0.25) is 9.89 Å². The number of carboxylic acid groups (broad SMARTS) is 1. The predicted octanol–water partition coefficient (Wildman–Crippen LogP) is 3.77. The number of hydrogen-bond acceptors (Lipinski definition) is 6. The molecule has 3 aromatic rings. The Kier molecular flexibility index (Phi) is 6.18. The number of aromatic nitrogens is 4. The molecule has 0 atom stereocenters. The summed E-state index contributed by atoms with van der Waals surface area (Å²) in [5.41, 5.74) is 0.657. The molecule has 0 bridgehead atoms. The van der Waals surface area contributed by atoms with Crippen LogP contribution in [0.2, 0.25) is 0 Å². The Balaban J connectivity index is 1.34. The topological polar surface area (TPSA) is 104 Å². The van der Waals surface area contributed by atoms with Gasteiger partial charge in [-0.25, -0.2) is 14.4 Å². The van der Waals surface area contributed by atoms with Gasteiger partial charge in [0.15, 0.2) is 11.6 Å². The van der Waals surface area contributed by atoms with Gasteiger partial charge < -0.3 is 14.7 Å². The molecule has 0 aliphatic carbocycles. The summed E-state index contributed by atoms with van der Waals surface area (Å²) in [6.07, 6.45) is 3.44. The fourth-order valence-corrected chi connectivity index (χ4v) is 3.47. The third-order valence-corrected chi connectivity index (χ3v) is 5.63. The number of aromatic amines is 1. The Morgan fingerprint density at radius 3 is 2.50 bits per heavy atom. The van der Waals surface area contributed by atoms with E-state index in [-0.39, 0.29) is 18.5 Å². The largest absolute Gasteiger partial charge is 0.481 e. The van der Waals surface area contributed by atoms with Crippen LogP contribution in [0.3, 0.4) is 0 Å². The molecule has 2 N–H and O–H groups in total. The minimum Gasteiger partial charge on any atom is -0.481 e. The first-order chi connectivity index (χ1) is 15.3. The number of rotatable bonds is 7. The summed E-state index contributed by atoms with van der Waals surface area (Å²) >= 11 is 0. The number of H-pyrrole nitrogens is 1. The molecule has 0 spiro atoms. The SMILES string of the molecule is CC(C)(COC1CCN(c2ccc(-c3n[nH]c(-c4ccc(F)cc4)n3)cn2)CC1)C(=O)O. The van der Waals surface area contributed by atoms with Crippen LogP contribution in [0.5, 0.6) is 0 Å². The first kappa shape index (κ1) is 21.9. The number of ether oxygens (including phenoxy) is 1. The molecule has 1 aliphatic rings. The molecule has 3 heterocycles. The second-order valence-corrected chi connectivity index (χ2v) is 8.61. The summed E-state index contributed by atoms with van der Waals surface area (Å²) in [6.45, 7) is 5.13. The summed E-state index contributed by atoms with van der Waals surface area (Å²) in [7, 11) is 0. The molecule has 1 aliphatic heterocycles. The highest BCUT2D eigenvalue weighted by molar-refractivity contribution is 5.73. The zero-order valence-corrected chi connectivity index (χ0v) is 18.1. The minimum absolute atomic E-state index is 0.0577. The summed E-state index contributed by atoms with van der Waals surface area (Å²) < 4.78 is 19.0. The van der Waals surface area contributed by atoms with E-state index in [0.717, 1.165) is 42.9 Å². The molecule has 32 heavy (non-hydrogen) atoms. The van der Waals surface area contributed by atoms with E-state index in [1.165, 1.54) is 12.1 Å². The van der Waals surface area contributed by atoms with Crippen LogP contribution in [0.4, 0.5) is 10.2 Å². The first-order valence-electron chi connectivity index (χ1n) is 10.6. The molecule has 1 aromatic carbocycles. The number of piperidine rings is 1. The van der Waals surface area contributed by atoms with Gasteiger partial charge in [-0.15, -0.1) is 0 Å². The van der Waals surface area contributed by atoms with Crippen molar-refractivity contribution in [3.05, 3.63) is 48.4 Å². The highest BCUT2D eigenvalue weighted by atomic mass is 19.1. The molecule has 2 aromatic heterocycles. The molecular weight excluding hydrogens is 413 g/mol. The van der Waals surface area contributed by atoms with Crippen molar-refractivity contribution in [2.75, 3.05) is 24.6 Å². The fraction of sp³-hybridized carbons (Fsp3) is 0.391. The van der Waals surface area contributed by atoms with Crippen LogP contribution in [0.25, 0.3) is 22.8 Å². The zero-order chi connectivity index (χ0) is 22.7. The van der Waals surface area contributed by atoms with Crippen molar-refractivity contribution in [1.82, 2.24) is 20.2 Å². The maximum absolute atomic E-state index is 13.1. The number of hydrogen-bond donors (Lipinski definition) is 2. The average Bonchev–Trinajstić information content (AvgIpc) is 3.29. The molecule has 168 valence electrons. The zero-order valence-electron chi connectivity index (χ0n) is 18.1. The molecule has 0 amide bonds. The van der Waals surface area contributed by atoms with Crippen molar-refractivity contribution in [2.24, 2.45) is 5.41 Å². The van der Waals surface area contributed by atoms with Crippen LogP contribution >= 0.6 is 0 Å². The lowest BCUT2D eigenvalue weighted by molar-refractivity contribution is -0.152. The summed E-state index contributed by atoms with van der Waals surface area (Å²) in [6, 6.07) is 9.94. The molecule has 0 radical (unpaired) electrons.